The third-order valence-corrected chi connectivity index (χ3v) is 5.09. The minimum atomic E-state index is -0.321. The van der Waals surface area contributed by atoms with Gasteiger partial charge in [-0.3, -0.25) is 9.78 Å². The van der Waals surface area contributed by atoms with E-state index in [4.69, 9.17) is 15.7 Å². The summed E-state index contributed by atoms with van der Waals surface area (Å²) in [5, 5.41) is 1.04. The summed E-state index contributed by atoms with van der Waals surface area (Å²) in [4.78, 5) is 28.9. The van der Waals surface area contributed by atoms with Gasteiger partial charge in [-0.05, 0) is 31.5 Å². The third kappa shape index (κ3) is 3.07. The average molecular weight is 341 g/mol. The molecule has 0 aromatic carbocycles. The first-order valence-electron chi connectivity index (χ1n) is 7.65. The zero-order valence-electron chi connectivity index (χ0n) is 13.9. The lowest BCUT2D eigenvalue weighted by Crippen LogP contribution is -2.25. The van der Waals surface area contributed by atoms with Gasteiger partial charge in [-0.15, -0.1) is 11.3 Å². The van der Waals surface area contributed by atoms with Crippen molar-refractivity contribution in [2.75, 3.05) is 18.5 Å². The Morgan fingerprint density at radius 2 is 2.12 bits per heavy atom. The number of fused-ring (bicyclic) bond motifs is 1. The first-order valence-corrected chi connectivity index (χ1v) is 8.46. The molecule has 0 radical (unpaired) electrons. The predicted molar refractivity (Wildman–Crippen MR) is 97.2 cm³/mol. The number of aryl methyl sites for hydroxylation is 2. The zero-order valence-corrected chi connectivity index (χ0v) is 14.7. The van der Waals surface area contributed by atoms with Crippen LogP contribution in [-0.4, -0.2) is 34.5 Å². The fourth-order valence-corrected chi connectivity index (χ4v) is 3.54. The van der Waals surface area contributed by atoms with Crippen LogP contribution in [0.3, 0.4) is 0 Å². The molecule has 0 aliphatic heterocycles. The van der Waals surface area contributed by atoms with Gasteiger partial charge in [0, 0.05) is 42.8 Å². The Bertz CT molecular complexity index is 891. The van der Waals surface area contributed by atoms with Crippen molar-refractivity contribution < 1.29 is 4.79 Å². The van der Waals surface area contributed by atoms with Crippen LogP contribution in [0.5, 0.6) is 0 Å². The van der Waals surface area contributed by atoms with Gasteiger partial charge in [-0.2, -0.15) is 0 Å². The van der Waals surface area contributed by atoms with Crippen molar-refractivity contribution >= 4 is 33.3 Å². The molecule has 0 spiro atoms. The molecular formula is C17H19N5OS. The summed E-state index contributed by atoms with van der Waals surface area (Å²) in [6.45, 7) is 4.67. The summed E-state index contributed by atoms with van der Waals surface area (Å²) >= 11 is 1.65. The van der Waals surface area contributed by atoms with E-state index in [0.717, 1.165) is 21.6 Å². The van der Waals surface area contributed by atoms with E-state index in [1.807, 2.05) is 24.1 Å². The first-order chi connectivity index (χ1) is 11.5. The van der Waals surface area contributed by atoms with E-state index < -0.39 is 0 Å². The number of pyridine rings is 1. The number of nitrogens with zero attached hydrogens (tertiary/aromatic N) is 4. The Balaban J connectivity index is 2.15. The zero-order chi connectivity index (χ0) is 17.3. The predicted octanol–water partition coefficient (Wildman–Crippen LogP) is 2.68. The number of rotatable bonds is 5. The Kier molecular flexibility index (Phi) is 4.44. The van der Waals surface area contributed by atoms with Crippen molar-refractivity contribution in [3.05, 3.63) is 35.0 Å². The van der Waals surface area contributed by atoms with Gasteiger partial charge in [-0.25, -0.2) is 9.97 Å². The second-order valence-electron chi connectivity index (χ2n) is 5.71. The van der Waals surface area contributed by atoms with Gasteiger partial charge in [0.25, 0.3) is 0 Å². The molecule has 0 fully saturated rings. The molecule has 0 saturated carbocycles. The number of hydrogen-bond donors (Lipinski definition) is 1. The summed E-state index contributed by atoms with van der Waals surface area (Å²) in [7, 11) is 1.92. The van der Waals surface area contributed by atoms with Crippen LogP contribution in [0.1, 0.15) is 16.9 Å². The largest absolute Gasteiger partial charge is 0.370 e. The number of amides is 1. The quantitative estimate of drug-likeness (QED) is 0.771. The smallest absolute Gasteiger partial charge is 0.219 e. The molecule has 7 heteroatoms. The normalized spacial score (nSPS) is 11.0. The van der Waals surface area contributed by atoms with Crippen molar-refractivity contribution in [1.82, 2.24) is 15.0 Å². The van der Waals surface area contributed by atoms with E-state index in [2.05, 4.69) is 18.8 Å². The molecule has 0 aliphatic carbocycles. The molecule has 0 unspecified atom stereocenters. The van der Waals surface area contributed by atoms with Crippen molar-refractivity contribution in [1.29, 1.82) is 0 Å². The van der Waals surface area contributed by atoms with E-state index in [0.29, 0.717) is 12.4 Å². The second kappa shape index (κ2) is 6.52. The SMILES string of the molecule is Cc1sc2nc(-c3cccnc3)nc(N(C)CCC(N)=O)c2c1C. The van der Waals surface area contributed by atoms with Gasteiger partial charge in [-0.1, -0.05) is 0 Å². The van der Waals surface area contributed by atoms with Crippen LogP contribution in [0.4, 0.5) is 5.82 Å². The lowest BCUT2D eigenvalue weighted by Gasteiger charge is -2.19. The van der Waals surface area contributed by atoms with Crippen molar-refractivity contribution in [3.63, 3.8) is 0 Å². The topological polar surface area (TPSA) is 85.0 Å². The number of carbonyl (C=O) groups excluding carboxylic acids is 1. The number of primary amides is 1. The highest BCUT2D eigenvalue weighted by Gasteiger charge is 2.18. The van der Waals surface area contributed by atoms with Crippen LogP contribution >= 0.6 is 11.3 Å². The fraction of sp³-hybridized carbons (Fsp3) is 0.294. The summed E-state index contributed by atoms with van der Waals surface area (Å²) in [6.07, 6.45) is 3.76. The molecular weight excluding hydrogens is 322 g/mol. The van der Waals surface area contributed by atoms with Crippen LogP contribution in [0.25, 0.3) is 21.6 Å². The van der Waals surface area contributed by atoms with Crippen molar-refractivity contribution in [2.45, 2.75) is 20.3 Å². The first kappa shape index (κ1) is 16.3. The van der Waals surface area contributed by atoms with Crippen molar-refractivity contribution in [2.24, 2.45) is 5.73 Å². The summed E-state index contributed by atoms with van der Waals surface area (Å²) < 4.78 is 0. The minimum absolute atomic E-state index is 0.284. The lowest BCUT2D eigenvalue weighted by atomic mass is 10.2. The highest BCUT2D eigenvalue weighted by Crippen LogP contribution is 2.36. The standard InChI is InChI=1S/C17H19N5OS/c1-10-11(2)24-17-14(10)16(22(3)8-6-13(18)23)20-15(21-17)12-5-4-7-19-9-12/h4-5,7,9H,6,8H2,1-3H3,(H2,18,23). The van der Waals surface area contributed by atoms with Gasteiger partial charge in [0.15, 0.2) is 5.82 Å². The van der Waals surface area contributed by atoms with Crippen LogP contribution in [0.2, 0.25) is 0 Å². The fourth-order valence-electron chi connectivity index (χ4n) is 2.51. The highest BCUT2D eigenvalue weighted by atomic mass is 32.1. The van der Waals surface area contributed by atoms with Gasteiger partial charge in [0.1, 0.15) is 10.6 Å². The number of hydrogen-bond acceptors (Lipinski definition) is 6. The van der Waals surface area contributed by atoms with E-state index in [-0.39, 0.29) is 12.3 Å². The van der Waals surface area contributed by atoms with Gasteiger partial charge < -0.3 is 10.6 Å². The number of aromatic nitrogens is 3. The van der Waals surface area contributed by atoms with E-state index in [1.54, 1.807) is 23.7 Å². The monoisotopic (exact) mass is 341 g/mol. The maximum absolute atomic E-state index is 11.1. The van der Waals surface area contributed by atoms with Crippen LogP contribution in [-0.2, 0) is 4.79 Å². The molecule has 3 heterocycles. The third-order valence-electron chi connectivity index (χ3n) is 3.98. The van der Waals surface area contributed by atoms with E-state index in [9.17, 15) is 4.79 Å². The molecule has 124 valence electrons. The Labute approximate surface area is 144 Å². The lowest BCUT2D eigenvalue weighted by molar-refractivity contribution is -0.117. The summed E-state index contributed by atoms with van der Waals surface area (Å²) in [6, 6.07) is 3.80. The molecule has 3 aromatic rings. The number of anilines is 1. The molecule has 0 atom stereocenters. The Hall–Kier alpha value is -2.54. The molecule has 3 rings (SSSR count). The molecule has 0 aliphatic rings. The Morgan fingerprint density at radius 3 is 2.79 bits per heavy atom. The number of carbonyl (C=O) groups is 1. The van der Waals surface area contributed by atoms with Gasteiger partial charge in [0.2, 0.25) is 5.91 Å². The maximum Gasteiger partial charge on any atom is 0.219 e. The van der Waals surface area contributed by atoms with E-state index in [1.165, 1.54) is 10.4 Å². The van der Waals surface area contributed by atoms with Crippen LogP contribution in [0.15, 0.2) is 24.5 Å². The van der Waals surface area contributed by atoms with Crippen LogP contribution in [0, 0.1) is 13.8 Å². The molecule has 1 amide bonds. The average Bonchev–Trinajstić information content (AvgIpc) is 2.87. The second-order valence-corrected chi connectivity index (χ2v) is 6.92. The van der Waals surface area contributed by atoms with Crippen molar-refractivity contribution in [3.8, 4) is 11.4 Å². The van der Waals surface area contributed by atoms with Gasteiger partial charge >= 0.3 is 0 Å². The minimum Gasteiger partial charge on any atom is -0.370 e. The Morgan fingerprint density at radius 1 is 1.33 bits per heavy atom. The molecule has 6 nitrogen and oxygen atoms in total. The summed E-state index contributed by atoms with van der Waals surface area (Å²) in [5.74, 6) is 1.14. The molecule has 2 N–H and O–H groups in total. The van der Waals surface area contributed by atoms with E-state index >= 15 is 0 Å². The molecule has 0 saturated heterocycles. The molecule has 0 bridgehead atoms. The number of nitrogens with two attached hydrogens (primary N) is 1. The number of thiophene rings is 1. The maximum atomic E-state index is 11.1. The van der Waals surface area contributed by atoms with Gasteiger partial charge in [0.05, 0.1) is 5.39 Å². The summed E-state index contributed by atoms with van der Waals surface area (Å²) in [5.41, 5.74) is 7.32. The molecule has 24 heavy (non-hydrogen) atoms. The van der Waals surface area contributed by atoms with Crippen LogP contribution < -0.4 is 10.6 Å². The molecule has 3 aromatic heterocycles. The highest BCUT2D eigenvalue weighted by molar-refractivity contribution is 7.18.